The van der Waals surface area contributed by atoms with E-state index in [0.717, 1.165) is 11.4 Å². The molecule has 0 spiro atoms. The van der Waals surface area contributed by atoms with Gasteiger partial charge in [-0.15, -0.1) is 0 Å². The Balaban J connectivity index is 2.12. The third-order valence-electron chi connectivity index (χ3n) is 2.84. The van der Waals surface area contributed by atoms with Crippen LogP contribution in [0.5, 0.6) is 0 Å². The van der Waals surface area contributed by atoms with Gasteiger partial charge in [-0.2, -0.15) is 8.42 Å². The first-order valence-corrected chi connectivity index (χ1v) is 7.30. The molecule has 0 aromatic carbocycles. The van der Waals surface area contributed by atoms with E-state index in [-0.39, 0.29) is 5.75 Å². The lowest BCUT2D eigenvalue weighted by Crippen LogP contribution is -2.08. The molecular formula is C12H16N2O3S. The maximum Gasteiger partial charge on any atom is 0.264 e. The molecule has 2 aromatic heterocycles. The molecule has 18 heavy (non-hydrogen) atoms. The van der Waals surface area contributed by atoms with Crippen molar-refractivity contribution in [3.05, 3.63) is 36.7 Å². The minimum Gasteiger partial charge on any atom is -0.349 e. The Labute approximate surface area is 106 Å². The van der Waals surface area contributed by atoms with Crippen molar-refractivity contribution in [2.45, 2.75) is 13.0 Å². The van der Waals surface area contributed by atoms with Crippen molar-refractivity contribution in [2.75, 3.05) is 5.75 Å². The van der Waals surface area contributed by atoms with Gasteiger partial charge < -0.3 is 9.13 Å². The number of aryl methyl sites for hydroxylation is 2. The molecule has 98 valence electrons. The molecule has 0 unspecified atom stereocenters. The Morgan fingerprint density at radius 1 is 1.17 bits per heavy atom. The van der Waals surface area contributed by atoms with Crippen LogP contribution in [0, 0.1) is 0 Å². The molecule has 0 amide bonds. The van der Waals surface area contributed by atoms with Crippen LogP contribution in [0.25, 0.3) is 11.4 Å². The average Bonchev–Trinajstić information content (AvgIpc) is 2.84. The Bertz CT molecular complexity index is 625. The molecule has 2 aromatic rings. The van der Waals surface area contributed by atoms with E-state index in [9.17, 15) is 8.42 Å². The van der Waals surface area contributed by atoms with Gasteiger partial charge in [0, 0.05) is 26.0 Å². The molecule has 0 aliphatic carbocycles. The fraction of sp³-hybridized carbons (Fsp3) is 0.333. The largest absolute Gasteiger partial charge is 0.349 e. The lowest BCUT2D eigenvalue weighted by atomic mass is 10.3. The van der Waals surface area contributed by atoms with Crippen LogP contribution in [0.3, 0.4) is 0 Å². The second-order valence-electron chi connectivity index (χ2n) is 4.23. The van der Waals surface area contributed by atoms with Gasteiger partial charge in [0.15, 0.2) is 0 Å². The van der Waals surface area contributed by atoms with E-state index in [1.54, 1.807) is 0 Å². The number of rotatable bonds is 5. The molecule has 2 heterocycles. The third kappa shape index (κ3) is 3.02. The molecule has 0 radical (unpaired) electrons. The normalized spacial score (nSPS) is 11.9. The average molecular weight is 268 g/mol. The minimum atomic E-state index is -3.87. The number of nitrogens with zero attached hydrogens (tertiary/aromatic N) is 2. The van der Waals surface area contributed by atoms with Crippen molar-refractivity contribution in [2.24, 2.45) is 7.05 Å². The van der Waals surface area contributed by atoms with Crippen molar-refractivity contribution in [3.63, 3.8) is 0 Å². The lowest BCUT2D eigenvalue weighted by Gasteiger charge is -2.09. The van der Waals surface area contributed by atoms with Crippen LogP contribution in [0.15, 0.2) is 36.7 Å². The molecule has 0 aliphatic heterocycles. The van der Waals surface area contributed by atoms with E-state index < -0.39 is 10.1 Å². The number of hydrogen-bond acceptors (Lipinski definition) is 2. The summed E-state index contributed by atoms with van der Waals surface area (Å²) in [6.07, 6.45) is 4.27. The van der Waals surface area contributed by atoms with E-state index in [1.165, 1.54) is 0 Å². The molecular weight excluding hydrogens is 252 g/mol. The van der Waals surface area contributed by atoms with Crippen LogP contribution in [-0.2, 0) is 23.7 Å². The van der Waals surface area contributed by atoms with Crippen LogP contribution in [-0.4, -0.2) is 27.9 Å². The molecule has 5 nitrogen and oxygen atoms in total. The zero-order valence-electron chi connectivity index (χ0n) is 10.2. The second kappa shape index (κ2) is 4.99. The highest BCUT2D eigenvalue weighted by Gasteiger charge is 2.08. The molecule has 0 fully saturated rings. The standard InChI is InChI=1S/C12H16N2O3S/c1-13-7-2-5-11(13)12-6-3-8-14(12)9-4-10-18(15,16)17/h2-3,5-8H,4,9-10H2,1H3,(H,15,16,17). The lowest BCUT2D eigenvalue weighted by molar-refractivity contribution is 0.478. The summed E-state index contributed by atoms with van der Waals surface area (Å²) in [5.41, 5.74) is 2.12. The summed E-state index contributed by atoms with van der Waals surface area (Å²) in [4.78, 5) is 0. The quantitative estimate of drug-likeness (QED) is 0.841. The van der Waals surface area contributed by atoms with Crippen LogP contribution >= 0.6 is 0 Å². The summed E-state index contributed by atoms with van der Waals surface area (Å²) in [7, 11) is -1.91. The molecule has 6 heteroatoms. The highest BCUT2D eigenvalue weighted by Crippen LogP contribution is 2.20. The predicted octanol–water partition coefficient (Wildman–Crippen LogP) is 1.77. The molecule has 0 bridgehead atoms. The van der Waals surface area contributed by atoms with Gasteiger partial charge in [-0.3, -0.25) is 4.55 Å². The minimum absolute atomic E-state index is 0.211. The first kappa shape index (κ1) is 12.9. The van der Waals surface area contributed by atoms with Gasteiger partial charge >= 0.3 is 0 Å². The summed E-state index contributed by atoms with van der Waals surface area (Å²) in [6.45, 7) is 0.563. The fourth-order valence-electron chi connectivity index (χ4n) is 1.99. The van der Waals surface area contributed by atoms with Crippen molar-refractivity contribution in [1.29, 1.82) is 0 Å². The van der Waals surface area contributed by atoms with Crippen molar-refractivity contribution < 1.29 is 13.0 Å². The zero-order valence-corrected chi connectivity index (χ0v) is 11.0. The molecule has 0 aliphatic rings. The molecule has 2 rings (SSSR count). The third-order valence-corrected chi connectivity index (χ3v) is 3.64. The summed E-state index contributed by atoms with van der Waals surface area (Å²) in [5, 5.41) is 0. The van der Waals surface area contributed by atoms with E-state index in [1.807, 2.05) is 52.8 Å². The van der Waals surface area contributed by atoms with E-state index in [0.29, 0.717) is 13.0 Å². The Morgan fingerprint density at radius 3 is 2.44 bits per heavy atom. The predicted molar refractivity (Wildman–Crippen MR) is 69.9 cm³/mol. The van der Waals surface area contributed by atoms with Crippen LogP contribution in [0.2, 0.25) is 0 Å². The Hall–Kier alpha value is -1.53. The monoisotopic (exact) mass is 268 g/mol. The summed E-state index contributed by atoms with van der Waals surface area (Å²) >= 11 is 0. The summed E-state index contributed by atoms with van der Waals surface area (Å²) < 4.78 is 34.0. The van der Waals surface area contributed by atoms with Gasteiger partial charge in [0.2, 0.25) is 0 Å². The van der Waals surface area contributed by atoms with Gasteiger partial charge in [0.25, 0.3) is 10.1 Å². The van der Waals surface area contributed by atoms with E-state index in [4.69, 9.17) is 4.55 Å². The fourth-order valence-corrected chi connectivity index (χ4v) is 2.48. The SMILES string of the molecule is Cn1cccc1-c1cccn1CCCS(=O)(=O)O. The van der Waals surface area contributed by atoms with E-state index >= 15 is 0 Å². The van der Waals surface area contributed by atoms with Gasteiger partial charge in [0.05, 0.1) is 17.1 Å². The highest BCUT2D eigenvalue weighted by atomic mass is 32.2. The van der Waals surface area contributed by atoms with Crippen LogP contribution in [0.1, 0.15) is 6.42 Å². The topological polar surface area (TPSA) is 64.2 Å². The molecule has 0 atom stereocenters. The summed E-state index contributed by atoms with van der Waals surface area (Å²) in [5.74, 6) is -0.211. The smallest absolute Gasteiger partial charge is 0.264 e. The second-order valence-corrected chi connectivity index (χ2v) is 5.80. The number of aromatic nitrogens is 2. The zero-order chi connectivity index (χ0) is 13.2. The van der Waals surface area contributed by atoms with Gasteiger partial charge in [-0.05, 0) is 30.7 Å². The van der Waals surface area contributed by atoms with Crippen LogP contribution in [0.4, 0.5) is 0 Å². The Kier molecular flexibility index (Phi) is 3.58. The van der Waals surface area contributed by atoms with Gasteiger partial charge in [-0.25, -0.2) is 0 Å². The summed E-state index contributed by atoms with van der Waals surface area (Å²) in [6, 6.07) is 7.89. The van der Waals surface area contributed by atoms with Crippen molar-refractivity contribution >= 4 is 10.1 Å². The van der Waals surface area contributed by atoms with Gasteiger partial charge in [-0.1, -0.05) is 0 Å². The molecule has 0 saturated heterocycles. The first-order chi connectivity index (χ1) is 8.47. The van der Waals surface area contributed by atoms with Crippen molar-refractivity contribution in [1.82, 2.24) is 9.13 Å². The first-order valence-electron chi connectivity index (χ1n) is 5.69. The Morgan fingerprint density at radius 2 is 1.83 bits per heavy atom. The van der Waals surface area contributed by atoms with Gasteiger partial charge in [0.1, 0.15) is 0 Å². The highest BCUT2D eigenvalue weighted by molar-refractivity contribution is 7.85. The van der Waals surface area contributed by atoms with E-state index in [2.05, 4.69) is 0 Å². The number of hydrogen-bond donors (Lipinski definition) is 1. The molecule has 0 saturated carbocycles. The van der Waals surface area contributed by atoms with Crippen molar-refractivity contribution in [3.8, 4) is 11.4 Å². The molecule has 1 N–H and O–H groups in total. The maximum atomic E-state index is 10.7. The van der Waals surface area contributed by atoms with Crippen LogP contribution < -0.4 is 0 Å². The maximum absolute atomic E-state index is 10.7.